The highest BCUT2D eigenvalue weighted by atomic mass is 16.5. The van der Waals surface area contributed by atoms with E-state index in [4.69, 9.17) is 9.26 Å². The fraction of sp³-hybridized carbons (Fsp3) is 0.176. The summed E-state index contributed by atoms with van der Waals surface area (Å²) in [4.78, 5) is 4.18. The minimum atomic E-state index is 0.182. The first-order valence-corrected chi connectivity index (χ1v) is 8.62. The highest BCUT2D eigenvalue weighted by Gasteiger charge is 2.19. The minimum absolute atomic E-state index is 0.182. The highest BCUT2D eigenvalue weighted by Crippen LogP contribution is 2.30. The summed E-state index contributed by atoms with van der Waals surface area (Å²) in [7, 11) is 1.79. The molecule has 0 atom stereocenters. The van der Waals surface area contributed by atoms with Gasteiger partial charge in [0.05, 0.1) is 18.0 Å². The van der Waals surface area contributed by atoms with Gasteiger partial charge in [0, 0.05) is 18.7 Å². The van der Waals surface area contributed by atoms with Gasteiger partial charge in [0.15, 0.2) is 17.2 Å². The maximum atomic E-state index is 5.99. The molecule has 0 bridgehead atoms. The second-order valence-electron chi connectivity index (χ2n) is 6.20. The Labute approximate surface area is 163 Å². The molecule has 5 heterocycles. The van der Waals surface area contributed by atoms with Crippen molar-refractivity contribution in [1.29, 1.82) is 0 Å². The Morgan fingerprint density at radius 1 is 1.17 bits per heavy atom. The number of nitrogens with zero attached hydrogens (tertiary/aromatic N) is 10. The van der Waals surface area contributed by atoms with Gasteiger partial charge in [0.2, 0.25) is 11.7 Å². The van der Waals surface area contributed by atoms with Crippen LogP contribution in [0.2, 0.25) is 0 Å². The van der Waals surface area contributed by atoms with E-state index >= 15 is 0 Å². The van der Waals surface area contributed by atoms with Gasteiger partial charge >= 0.3 is 0 Å². The van der Waals surface area contributed by atoms with E-state index in [1.165, 1.54) is 6.33 Å². The van der Waals surface area contributed by atoms with Crippen molar-refractivity contribution in [3.63, 3.8) is 0 Å². The molecule has 12 heteroatoms. The van der Waals surface area contributed by atoms with Crippen molar-refractivity contribution in [3.8, 4) is 28.5 Å². The summed E-state index contributed by atoms with van der Waals surface area (Å²) >= 11 is 0. The summed E-state index contributed by atoms with van der Waals surface area (Å²) in [6, 6.07) is 5.40. The molecule has 0 N–H and O–H groups in total. The van der Waals surface area contributed by atoms with Crippen molar-refractivity contribution < 1.29 is 9.26 Å². The van der Waals surface area contributed by atoms with Gasteiger partial charge in [-0.1, -0.05) is 5.16 Å². The molecular weight excluding hydrogens is 376 g/mol. The molecule has 12 nitrogen and oxygen atoms in total. The second kappa shape index (κ2) is 6.74. The van der Waals surface area contributed by atoms with Crippen molar-refractivity contribution in [1.82, 2.24) is 49.9 Å². The molecule has 0 saturated heterocycles. The van der Waals surface area contributed by atoms with Crippen LogP contribution < -0.4 is 4.74 Å². The molecular formula is C17H14N10O2. The average Bonchev–Trinajstić information content (AvgIpc) is 3.46. The van der Waals surface area contributed by atoms with Crippen LogP contribution in [-0.4, -0.2) is 49.9 Å². The summed E-state index contributed by atoms with van der Waals surface area (Å²) in [5.41, 5.74) is 2.54. The standard InChI is InChI=1S/C17H14N10O2/c1-10-5-13(25-29-10)16-23-22-14-6-12(11-3-4-19-20-7-11)17(24-27(14)16)28-8-15-18-9-21-26(15)2/h3-7,9H,8H2,1-2H3. The number of hydrogen-bond donors (Lipinski definition) is 0. The fourth-order valence-electron chi connectivity index (χ4n) is 2.79. The third kappa shape index (κ3) is 3.05. The fourth-order valence-corrected chi connectivity index (χ4v) is 2.79. The molecule has 0 spiro atoms. The maximum absolute atomic E-state index is 5.99. The topological polar surface area (TPSA) is 135 Å². The minimum Gasteiger partial charge on any atom is -0.468 e. The zero-order valence-electron chi connectivity index (χ0n) is 15.5. The number of rotatable bonds is 5. The third-order valence-electron chi connectivity index (χ3n) is 4.25. The van der Waals surface area contributed by atoms with Gasteiger partial charge in [-0.2, -0.15) is 19.8 Å². The summed E-state index contributed by atoms with van der Waals surface area (Å²) in [5, 5.41) is 28.8. The first-order valence-electron chi connectivity index (χ1n) is 8.62. The van der Waals surface area contributed by atoms with Crippen LogP contribution in [0.4, 0.5) is 0 Å². The largest absolute Gasteiger partial charge is 0.468 e. The molecule has 0 aromatic carbocycles. The summed E-state index contributed by atoms with van der Waals surface area (Å²) in [5.74, 6) is 2.12. The SMILES string of the molecule is Cc1cc(-c2nnc3cc(-c4ccnnc4)c(OCc4ncnn4C)nn23)no1. The van der Waals surface area contributed by atoms with Gasteiger partial charge in [0.25, 0.3) is 0 Å². The summed E-state index contributed by atoms with van der Waals surface area (Å²) < 4.78 is 14.3. The normalized spacial score (nSPS) is 11.2. The lowest BCUT2D eigenvalue weighted by Gasteiger charge is -2.10. The van der Waals surface area contributed by atoms with Gasteiger partial charge in [-0.25, -0.2) is 4.98 Å². The average molecular weight is 390 g/mol. The first kappa shape index (κ1) is 16.9. The van der Waals surface area contributed by atoms with Gasteiger partial charge in [0.1, 0.15) is 18.7 Å². The number of hydrogen-bond acceptors (Lipinski definition) is 10. The van der Waals surface area contributed by atoms with E-state index in [9.17, 15) is 0 Å². The van der Waals surface area contributed by atoms with E-state index in [1.807, 2.05) is 12.1 Å². The predicted octanol–water partition coefficient (Wildman–Crippen LogP) is 1.25. The van der Waals surface area contributed by atoms with Crippen LogP contribution in [0.1, 0.15) is 11.6 Å². The molecule has 0 aliphatic heterocycles. The van der Waals surface area contributed by atoms with Crippen LogP contribution in [0.25, 0.3) is 28.3 Å². The van der Waals surface area contributed by atoms with E-state index in [-0.39, 0.29) is 6.61 Å². The molecule has 0 unspecified atom stereocenters. The van der Waals surface area contributed by atoms with E-state index in [2.05, 4.69) is 40.7 Å². The summed E-state index contributed by atoms with van der Waals surface area (Å²) in [6.45, 7) is 1.98. The molecule has 5 aromatic heterocycles. The van der Waals surface area contributed by atoms with Crippen LogP contribution in [0.3, 0.4) is 0 Å². The quantitative estimate of drug-likeness (QED) is 0.431. The third-order valence-corrected chi connectivity index (χ3v) is 4.25. The van der Waals surface area contributed by atoms with E-state index in [0.29, 0.717) is 40.2 Å². The van der Waals surface area contributed by atoms with Gasteiger partial charge in [-0.15, -0.1) is 15.3 Å². The van der Waals surface area contributed by atoms with Crippen molar-refractivity contribution in [2.45, 2.75) is 13.5 Å². The highest BCUT2D eigenvalue weighted by molar-refractivity contribution is 5.71. The van der Waals surface area contributed by atoms with Gasteiger partial charge in [-0.3, -0.25) is 4.68 Å². The van der Waals surface area contributed by atoms with Crippen molar-refractivity contribution in [2.75, 3.05) is 0 Å². The zero-order valence-corrected chi connectivity index (χ0v) is 15.5. The van der Waals surface area contributed by atoms with Crippen LogP contribution in [0.5, 0.6) is 5.88 Å². The lowest BCUT2D eigenvalue weighted by atomic mass is 10.1. The van der Waals surface area contributed by atoms with Crippen LogP contribution in [0.15, 0.2) is 41.4 Å². The van der Waals surface area contributed by atoms with Gasteiger partial charge < -0.3 is 9.26 Å². The first-order chi connectivity index (χ1) is 14.2. The molecule has 5 aromatic rings. The van der Waals surface area contributed by atoms with Crippen LogP contribution in [-0.2, 0) is 13.7 Å². The lowest BCUT2D eigenvalue weighted by Crippen LogP contribution is -2.08. The van der Waals surface area contributed by atoms with Crippen molar-refractivity contribution in [2.24, 2.45) is 7.05 Å². The molecule has 0 saturated carbocycles. The Kier molecular flexibility index (Phi) is 3.93. The molecule has 0 amide bonds. The Morgan fingerprint density at radius 2 is 2.10 bits per heavy atom. The number of ether oxygens (including phenoxy) is 1. The van der Waals surface area contributed by atoms with E-state index < -0.39 is 0 Å². The number of fused-ring (bicyclic) bond motifs is 1. The predicted molar refractivity (Wildman–Crippen MR) is 97.4 cm³/mol. The van der Waals surface area contributed by atoms with Crippen molar-refractivity contribution >= 4 is 5.65 Å². The van der Waals surface area contributed by atoms with E-state index in [1.54, 1.807) is 41.6 Å². The Morgan fingerprint density at radius 3 is 2.83 bits per heavy atom. The zero-order chi connectivity index (χ0) is 19.8. The Hall–Kier alpha value is -4.22. The van der Waals surface area contributed by atoms with Crippen LogP contribution in [0, 0.1) is 6.92 Å². The lowest BCUT2D eigenvalue weighted by molar-refractivity contribution is 0.275. The molecule has 0 aliphatic carbocycles. The molecule has 29 heavy (non-hydrogen) atoms. The number of aromatic nitrogens is 10. The molecule has 0 fully saturated rings. The Bertz CT molecular complexity index is 1290. The van der Waals surface area contributed by atoms with Crippen LogP contribution >= 0.6 is 0 Å². The molecule has 5 rings (SSSR count). The summed E-state index contributed by atoms with van der Waals surface area (Å²) in [6.07, 6.45) is 4.69. The Balaban J connectivity index is 1.63. The molecule has 0 aliphatic rings. The van der Waals surface area contributed by atoms with E-state index in [0.717, 1.165) is 5.56 Å². The maximum Gasteiger partial charge on any atom is 0.240 e. The monoisotopic (exact) mass is 390 g/mol. The number of aryl methyl sites for hydroxylation is 2. The second-order valence-corrected chi connectivity index (χ2v) is 6.20. The van der Waals surface area contributed by atoms with Crippen molar-refractivity contribution in [3.05, 3.63) is 48.5 Å². The molecule has 144 valence electrons. The van der Waals surface area contributed by atoms with Gasteiger partial charge in [-0.05, 0) is 19.1 Å². The smallest absolute Gasteiger partial charge is 0.240 e. The molecule has 0 radical (unpaired) electrons.